The maximum atomic E-state index is 13.7. The molecular formula is C27H22ClNO4. The first-order chi connectivity index (χ1) is 15.9. The van der Waals surface area contributed by atoms with Gasteiger partial charge in [0, 0.05) is 11.6 Å². The second kappa shape index (κ2) is 8.09. The number of rotatable bonds is 4. The van der Waals surface area contributed by atoms with Crippen LogP contribution in [-0.2, 0) is 6.54 Å². The van der Waals surface area contributed by atoms with Gasteiger partial charge in [-0.25, -0.2) is 0 Å². The lowest BCUT2D eigenvalue weighted by Crippen LogP contribution is -2.29. The molecule has 0 radical (unpaired) electrons. The van der Waals surface area contributed by atoms with Crippen molar-refractivity contribution in [3.63, 3.8) is 0 Å². The molecule has 4 aromatic rings. The molecule has 3 aromatic carbocycles. The van der Waals surface area contributed by atoms with Crippen molar-refractivity contribution < 1.29 is 13.9 Å². The van der Waals surface area contributed by atoms with Gasteiger partial charge in [-0.15, -0.1) is 0 Å². The van der Waals surface area contributed by atoms with Crippen molar-refractivity contribution in [2.75, 3.05) is 7.11 Å². The van der Waals surface area contributed by atoms with Crippen molar-refractivity contribution in [3.05, 3.63) is 109 Å². The monoisotopic (exact) mass is 459 g/mol. The summed E-state index contributed by atoms with van der Waals surface area (Å²) in [6.45, 7) is 4.19. The summed E-state index contributed by atoms with van der Waals surface area (Å²) in [7, 11) is 1.60. The molecule has 1 aromatic heterocycles. The Balaban J connectivity index is 1.71. The molecular weight excluding hydrogens is 438 g/mol. The first kappa shape index (κ1) is 21.3. The van der Waals surface area contributed by atoms with E-state index in [0.717, 1.165) is 22.3 Å². The number of carbonyl (C=O) groups is 1. The SMILES string of the molecule is COc1ccc(C2c3c(oc4cc(C)c(Cl)cc4c3=O)C(=O)N2Cc2ccc(C)cc2)cc1. The number of fused-ring (bicyclic) bond motifs is 2. The number of hydrogen-bond acceptors (Lipinski definition) is 4. The predicted octanol–water partition coefficient (Wildman–Crippen LogP) is 5.82. The summed E-state index contributed by atoms with van der Waals surface area (Å²) in [6.07, 6.45) is 0. The molecule has 0 N–H and O–H groups in total. The van der Waals surface area contributed by atoms with Crippen molar-refractivity contribution in [2.24, 2.45) is 0 Å². The van der Waals surface area contributed by atoms with Crippen LogP contribution in [0.4, 0.5) is 0 Å². The van der Waals surface area contributed by atoms with Gasteiger partial charge in [-0.3, -0.25) is 9.59 Å². The molecule has 0 fully saturated rings. The standard InChI is InChI=1S/C27H22ClNO4/c1-15-4-6-17(7-5-15)14-29-24(18-8-10-19(32-3)11-9-18)23-25(30)20-13-21(28)16(2)12-22(20)33-26(23)27(29)31/h4-13,24H,14H2,1-3H3. The summed E-state index contributed by atoms with van der Waals surface area (Å²) in [5.74, 6) is 0.473. The molecule has 0 bridgehead atoms. The molecule has 5 nitrogen and oxygen atoms in total. The highest BCUT2D eigenvalue weighted by atomic mass is 35.5. The lowest BCUT2D eigenvalue weighted by Gasteiger charge is -2.25. The molecule has 0 aliphatic carbocycles. The molecule has 1 aliphatic heterocycles. The number of amides is 1. The van der Waals surface area contributed by atoms with Crippen LogP contribution in [0.3, 0.4) is 0 Å². The molecule has 1 aliphatic rings. The molecule has 1 unspecified atom stereocenters. The lowest BCUT2D eigenvalue weighted by atomic mass is 9.98. The van der Waals surface area contributed by atoms with Gasteiger partial charge in [0.15, 0.2) is 5.43 Å². The van der Waals surface area contributed by atoms with Gasteiger partial charge in [0.2, 0.25) is 5.76 Å². The molecule has 166 valence electrons. The van der Waals surface area contributed by atoms with Crippen molar-refractivity contribution in [1.29, 1.82) is 0 Å². The van der Waals surface area contributed by atoms with Crippen LogP contribution in [0.25, 0.3) is 11.0 Å². The van der Waals surface area contributed by atoms with Gasteiger partial charge in [0.05, 0.1) is 24.1 Å². The Morgan fingerprint density at radius 1 is 1.00 bits per heavy atom. The predicted molar refractivity (Wildman–Crippen MR) is 128 cm³/mol. The lowest BCUT2D eigenvalue weighted by molar-refractivity contribution is 0.0714. The summed E-state index contributed by atoms with van der Waals surface area (Å²) in [4.78, 5) is 28.9. The normalized spacial score (nSPS) is 15.2. The smallest absolute Gasteiger partial charge is 0.291 e. The van der Waals surface area contributed by atoms with Crippen molar-refractivity contribution >= 4 is 28.5 Å². The Morgan fingerprint density at radius 3 is 2.36 bits per heavy atom. The highest BCUT2D eigenvalue weighted by Gasteiger charge is 2.42. The minimum atomic E-state index is -0.583. The van der Waals surface area contributed by atoms with Gasteiger partial charge < -0.3 is 14.1 Å². The number of ether oxygens (including phenoxy) is 1. The van der Waals surface area contributed by atoms with E-state index in [9.17, 15) is 9.59 Å². The fraction of sp³-hybridized carbons (Fsp3) is 0.185. The van der Waals surface area contributed by atoms with Crippen LogP contribution in [0, 0.1) is 13.8 Å². The summed E-state index contributed by atoms with van der Waals surface area (Å²) in [6, 6.07) is 18.1. The van der Waals surface area contributed by atoms with E-state index in [-0.39, 0.29) is 17.1 Å². The molecule has 0 saturated heterocycles. The number of nitrogens with zero attached hydrogens (tertiary/aromatic N) is 1. The number of aryl methyl sites for hydroxylation is 2. The van der Waals surface area contributed by atoms with Crippen LogP contribution < -0.4 is 10.2 Å². The van der Waals surface area contributed by atoms with Crippen LogP contribution in [0.2, 0.25) is 5.02 Å². The molecule has 0 spiro atoms. The summed E-state index contributed by atoms with van der Waals surface area (Å²) >= 11 is 6.30. The zero-order chi connectivity index (χ0) is 23.3. The zero-order valence-corrected chi connectivity index (χ0v) is 19.3. The minimum absolute atomic E-state index is 0.0853. The third-order valence-corrected chi connectivity index (χ3v) is 6.56. The average Bonchev–Trinajstić information content (AvgIpc) is 3.08. The molecule has 1 amide bonds. The van der Waals surface area contributed by atoms with E-state index in [0.29, 0.717) is 33.8 Å². The first-order valence-electron chi connectivity index (χ1n) is 10.6. The van der Waals surface area contributed by atoms with Crippen molar-refractivity contribution in [3.8, 4) is 5.75 Å². The van der Waals surface area contributed by atoms with Gasteiger partial charge in [-0.05, 0) is 54.8 Å². The topological polar surface area (TPSA) is 59.8 Å². The van der Waals surface area contributed by atoms with Gasteiger partial charge in [-0.1, -0.05) is 53.6 Å². The van der Waals surface area contributed by atoms with Crippen molar-refractivity contribution in [2.45, 2.75) is 26.4 Å². The fourth-order valence-electron chi connectivity index (χ4n) is 4.33. The van der Waals surface area contributed by atoms with E-state index in [1.54, 1.807) is 24.1 Å². The summed E-state index contributed by atoms with van der Waals surface area (Å²) in [5.41, 5.74) is 4.15. The average molecular weight is 460 g/mol. The molecule has 1 atom stereocenters. The Bertz CT molecular complexity index is 1440. The third-order valence-electron chi connectivity index (χ3n) is 6.15. The second-order valence-corrected chi connectivity index (χ2v) is 8.77. The summed E-state index contributed by atoms with van der Waals surface area (Å²) in [5, 5.41) is 0.851. The molecule has 2 heterocycles. The van der Waals surface area contributed by atoms with Crippen LogP contribution in [0.5, 0.6) is 5.75 Å². The van der Waals surface area contributed by atoms with E-state index in [1.807, 2.05) is 62.4 Å². The van der Waals surface area contributed by atoms with Gasteiger partial charge in [0.25, 0.3) is 5.91 Å². The largest absolute Gasteiger partial charge is 0.497 e. The van der Waals surface area contributed by atoms with Crippen LogP contribution >= 0.6 is 11.6 Å². The Labute approximate surface area is 196 Å². The van der Waals surface area contributed by atoms with Gasteiger partial charge >= 0.3 is 0 Å². The Hall–Kier alpha value is -3.57. The highest BCUT2D eigenvalue weighted by molar-refractivity contribution is 6.32. The summed E-state index contributed by atoms with van der Waals surface area (Å²) < 4.78 is 11.3. The maximum Gasteiger partial charge on any atom is 0.291 e. The molecule has 33 heavy (non-hydrogen) atoms. The van der Waals surface area contributed by atoms with E-state index >= 15 is 0 Å². The highest BCUT2D eigenvalue weighted by Crippen LogP contribution is 2.40. The van der Waals surface area contributed by atoms with E-state index < -0.39 is 6.04 Å². The number of carbonyl (C=O) groups excluding carboxylic acids is 1. The van der Waals surface area contributed by atoms with Crippen LogP contribution in [0.15, 0.2) is 69.9 Å². The number of benzene rings is 3. The number of halogens is 1. The Kier molecular flexibility index (Phi) is 5.22. The number of hydrogen-bond donors (Lipinski definition) is 0. The van der Waals surface area contributed by atoms with E-state index in [2.05, 4.69) is 0 Å². The minimum Gasteiger partial charge on any atom is -0.497 e. The maximum absolute atomic E-state index is 13.7. The zero-order valence-electron chi connectivity index (χ0n) is 18.5. The molecule has 5 rings (SSSR count). The van der Waals surface area contributed by atoms with Crippen molar-refractivity contribution in [1.82, 2.24) is 4.90 Å². The molecule has 0 saturated carbocycles. The Morgan fingerprint density at radius 2 is 1.70 bits per heavy atom. The van der Waals surface area contributed by atoms with Gasteiger partial charge in [0.1, 0.15) is 11.3 Å². The number of methoxy groups -OCH3 is 1. The van der Waals surface area contributed by atoms with Crippen LogP contribution in [0.1, 0.15) is 44.4 Å². The second-order valence-electron chi connectivity index (χ2n) is 8.37. The molecule has 6 heteroatoms. The van der Waals surface area contributed by atoms with E-state index in [4.69, 9.17) is 20.8 Å². The third kappa shape index (κ3) is 3.58. The fourth-order valence-corrected chi connectivity index (χ4v) is 4.49. The van der Waals surface area contributed by atoms with Gasteiger partial charge in [-0.2, -0.15) is 0 Å². The van der Waals surface area contributed by atoms with E-state index in [1.165, 1.54) is 0 Å². The van der Waals surface area contributed by atoms with Crippen LogP contribution in [-0.4, -0.2) is 17.9 Å². The quantitative estimate of drug-likeness (QED) is 0.386. The first-order valence-corrected chi connectivity index (χ1v) is 11.0.